The third-order valence-corrected chi connectivity index (χ3v) is 4.03. The molecular weight excluding hydrogens is 391 g/mol. The maximum atomic E-state index is 12.9. The van der Waals surface area contributed by atoms with E-state index in [1.165, 1.54) is 12.1 Å². The number of hydrogen-bond acceptors (Lipinski definition) is 3. The minimum absolute atomic E-state index is 0.0737. The van der Waals surface area contributed by atoms with Crippen LogP contribution in [0, 0.1) is 0 Å². The fraction of sp³-hybridized carbons (Fsp3) is 0.0625. The second-order valence-electron chi connectivity index (χ2n) is 5.01. The van der Waals surface area contributed by atoms with Crippen LogP contribution in [-0.4, -0.2) is 17.6 Å². The largest absolute Gasteiger partial charge is 0.416 e. The lowest BCUT2D eigenvalue weighted by Crippen LogP contribution is -2.35. The molecule has 0 atom stereocenters. The third-order valence-electron chi connectivity index (χ3n) is 3.50. The number of rotatable bonds is 1. The zero-order chi connectivity index (χ0) is 17.6. The molecule has 4 nitrogen and oxygen atoms in total. The summed E-state index contributed by atoms with van der Waals surface area (Å²) in [5.74, 6) is -3.04. The molecule has 0 fully saturated rings. The summed E-state index contributed by atoms with van der Waals surface area (Å²) in [5.41, 5.74) is -1.55. The number of benzene rings is 2. The molecule has 1 heterocycles. The van der Waals surface area contributed by atoms with Crippen LogP contribution in [0.5, 0.6) is 0 Å². The van der Waals surface area contributed by atoms with Gasteiger partial charge >= 0.3 is 12.1 Å². The average molecular weight is 398 g/mol. The molecule has 2 amide bonds. The molecule has 0 unspecified atom stereocenters. The smallest absolute Gasteiger partial charge is 0.283 e. The Hall–Kier alpha value is -2.48. The van der Waals surface area contributed by atoms with Crippen molar-refractivity contribution in [3.8, 4) is 0 Å². The highest BCUT2D eigenvalue weighted by Gasteiger charge is 2.42. The van der Waals surface area contributed by atoms with Crippen molar-refractivity contribution in [3.63, 3.8) is 0 Å². The predicted molar refractivity (Wildman–Crippen MR) is 81.7 cm³/mol. The van der Waals surface area contributed by atoms with Crippen molar-refractivity contribution in [2.45, 2.75) is 6.18 Å². The molecule has 2 aromatic carbocycles. The van der Waals surface area contributed by atoms with Crippen LogP contribution >= 0.6 is 15.9 Å². The van der Waals surface area contributed by atoms with Gasteiger partial charge in [-0.05, 0) is 42.5 Å². The SMILES string of the molecule is O=C1C(=O)N(C(=O)c2ccc(Br)cc2)c2cc(C(F)(F)F)ccc21. The highest BCUT2D eigenvalue weighted by molar-refractivity contribution is 9.10. The fourth-order valence-electron chi connectivity index (χ4n) is 2.33. The summed E-state index contributed by atoms with van der Waals surface area (Å²) in [6.45, 7) is 0. The molecule has 0 aromatic heterocycles. The lowest BCUT2D eigenvalue weighted by molar-refractivity contribution is -0.137. The first kappa shape index (κ1) is 16.4. The zero-order valence-corrected chi connectivity index (χ0v) is 13.3. The van der Waals surface area contributed by atoms with Crippen LogP contribution in [0.15, 0.2) is 46.9 Å². The van der Waals surface area contributed by atoms with Crippen LogP contribution in [0.2, 0.25) is 0 Å². The van der Waals surface area contributed by atoms with Crippen molar-refractivity contribution in [2.75, 3.05) is 4.90 Å². The third kappa shape index (κ3) is 2.62. The van der Waals surface area contributed by atoms with E-state index in [0.29, 0.717) is 21.5 Å². The highest BCUT2D eigenvalue weighted by Crippen LogP contribution is 2.37. The number of carbonyl (C=O) groups excluding carboxylic acids is 3. The number of anilines is 1. The number of imide groups is 1. The Bertz CT molecular complexity index is 875. The average Bonchev–Trinajstić information content (AvgIpc) is 2.78. The zero-order valence-electron chi connectivity index (χ0n) is 11.7. The summed E-state index contributed by atoms with van der Waals surface area (Å²) >= 11 is 3.19. The van der Waals surface area contributed by atoms with E-state index in [1.54, 1.807) is 12.1 Å². The molecule has 0 saturated carbocycles. The normalized spacial score (nSPS) is 14.1. The van der Waals surface area contributed by atoms with E-state index in [-0.39, 0.29) is 16.8 Å². The van der Waals surface area contributed by atoms with Gasteiger partial charge in [0.05, 0.1) is 16.8 Å². The maximum Gasteiger partial charge on any atom is 0.416 e. The first-order chi connectivity index (χ1) is 11.2. The second kappa shape index (κ2) is 5.55. The number of hydrogen-bond donors (Lipinski definition) is 0. The second-order valence-corrected chi connectivity index (χ2v) is 5.93. The summed E-state index contributed by atoms with van der Waals surface area (Å²) in [6.07, 6.45) is -4.66. The first-order valence-corrected chi connectivity index (χ1v) is 7.39. The van der Waals surface area contributed by atoms with E-state index >= 15 is 0 Å². The molecule has 0 spiro atoms. The Morgan fingerprint density at radius 3 is 2.21 bits per heavy atom. The monoisotopic (exact) mass is 397 g/mol. The number of alkyl halides is 3. The van der Waals surface area contributed by atoms with Crippen LogP contribution < -0.4 is 4.90 Å². The summed E-state index contributed by atoms with van der Waals surface area (Å²) in [7, 11) is 0. The number of amides is 2. The van der Waals surface area contributed by atoms with Gasteiger partial charge in [-0.15, -0.1) is 0 Å². The van der Waals surface area contributed by atoms with Crippen molar-refractivity contribution in [1.82, 2.24) is 0 Å². The topological polar surface area (TPSA) is 54.5 Å². The van der Waals surface area contributed by atoms with Crippen LogP contribution in [0.4, 0.5) is 18.9 Å². The number of Topliss-reactive ketones (excluding diaryl/α,β-unsaturated/α-hetero) is 1. The molecule has 2 aromatic rings. The summed E-state index contributed by atoms with van der Waals surface area (Å²) in [4.78, 5) is 37.0. The lowest BCUT2D eigenvalue weighted by atomic mass is 10.1. The van der Waals surface area contributed by atoms with Crippen LogP contribution in [0.3, 0.4) is 0 Å². The minimum atomic E-state index is -4.66. The lowest BCUT2D eigenvalue weighted by Gasteiger charge is -2.16. The van der Waals surface area contributed by atoms with Crippen molar-refractivity contribution in [2.24, 2.45) is 0 Å². The van der Waals surface area contributed by atoms with Gasteiger partial charge in [0.25, 0.3) is 11.7 Å². The summed E-state index contributed by atoms with van der Waals surface area (Å²) in [6, 6.07) is 8.14. The number of nitrogens with zero attached hydrogens (tertiary/aromatic N) is 1. The molecule has 0 N–H and O–H groups in total. The standard InChI is InChI=1S/C16H7BrF3NO3/c17-10-4-1-8(2-5-10)14(23)21-12-7-9(16(18,19)20)3-6-11(12)13(22)15(21)24/h1-7H. The number of carbonyl (C=O) groups is 3. The molecule has 24 heavy (non-hydrogen) atoms. The molecule has 0 saturated heterocycles. The molecule has 8 heteroatoms. The number of ketones is 1. The Morgan fingerprint density at radius 1 is 1.00 bits per heavy atom. The van der Waals surface area contributed by atoms with Crippen LogP contribution in [0.1, 0.15) is 26.3 Å². The quantitative estimate of drug-likeness (QED) is 0.542. The Balaban J connectivity index is 2.10. The van der Waals surface area contributed by atoms with Crippen molar-refractivity contribution in [3.05, 3.63) is 63.6 Å². The van der Waals surface area contributed by atoms with E-state index in [0.717, 1.165) is 6.07 Å². The van der Waals surface area contributed by atoms with Gasteiger partial charge in [0.1, 0.15) is 0 Å². The summed E-state index contributed by atoms with van der Waals surface area (Å²) < 4.78 is 39.3. The molecule has 122 valence electrons. The van der Waals surface area contributed by atoms with Crippen LogP contribution in [-0.2, 0) is 11.0 Å². The van der Waals surface area contributed by atoms with Gasteiger partial charge < -0.3 is 0 Å². The Kier molecular flexibility index (Phi) is 3.79. The maximum absolute atomic E-state index is 12.9. The van der Waals surface area contributed by atoms with Gasteiger partial charge in [0.15, 0.2) is 0 Å². The molecule has 0 radical (unpaired) electrons. The van der Waals surface area contributed by atoms with Crippen molar-refractivity contribution in [1.29, 1.82) is 0 Å². The number of halogens is 4. The number of fused-ring (bicyclic) bond motifs is 1. The van der Waals surface area contributed by atoms with Gasteiger partial charge in [-0.1, -0.05) is 15.9 Å². The van der Waals surface area contributed by atoms with Gasteiger partial charge in [-0.2, -0.15) is 13.2 Å². The van der Waals surface area contributed by atoms with Gasteiger partial charge in [-0.25, -0.2) is 4.90 Å². The van der Waals surface area contributed by atoms with Crippen molar-refractivity contribution >= 4 is 39.2 Å². The predicted octanol–water partition coefficient (Wildman–Crippen LogP) is 3.84. The minimum Gasteiger partial charge on any atom is -0.283 e. The van der Waals surface area contributed by atoms with E-state index in [9.17, 15) is 27.6 Å². The fourth-order valence-corrected chi connectivity index (χ4v) is 2.60. The molecule has 0 aliphatic carbocycles. The van der Waals surface area contributed by atoms with Crippen molar-refractivity contribution < 1.29 is 27.6 Å². The van der Waals surface area contributed by atoms with E-state index in [4.69, 9.17) is 0 Å². The molecule has 3 rings (SSSR count). The molecule has 1 aliphatic heterocycles. The molecule has 1 aliphatic rings. The first-order valence-electron chi connectivity index (χ1n) is 6.60. The Morgan fingerprint density at radius 2 is 1.62 bits per heavy atom. The van der Waals surface area contributed by atoms with E-state index in [1.807, 2.05) is 0 Å². The van der Waals surface area contributed by atoms with Gasteiger partial charge in [0.2, 0.25) is 0 Å². The summed E-state index contributed by atoms with van der Waals surface area (Å²) in [5, 5.41) is 0. The van der Waals surface area contributed by atoms with Gasteiger partial charge in [0, 0.05) is 10.0 Å². The van der Waals surface area contributed by atoms with Gasteiger partial charge in [-0.3, -0.25) is 14.4 Å². The Labute approximate surface area is 142 Å². The molecular formula is C16H7BrF3NO3. The van der Waals surface area contributed by atoms with E-state index < -0.39 is 29.3 Å². The van der Waals surface area contributed by atoms with E-state index in [2.05, 4.69) is 15.9 Å². The highest BCUT2D eigenvalue weighted by atomic mass is 79.9. The van der Waals surface area contributed by atoms with Crippen LogP contribution in [0.25, 0.3) is 0 Å². The molecule has 0 bridgehead atoms.